The van der Waals surface area contributed by atoms with Crippen LogP contribution in [0, 0.1) is 10.8 Å². The molecule has 0 bridgehead atoms. The summed E-state index contributed by atoms with van der Waals surface area (Å²) >= 11 is 0. The molecule has 1 saturated heterocycles. The van der Waals surface area contributed by atoms with Gasteiger partial charge in [-0.05, 0) is 45.7 Å². The van der Waals surface area contributed by atoms with Gasteiger partial charge in [-0.25, -0.2) is 0 Å². The molecule has 1 aromatic carbocycles. The van der Waals surface area contributed by atoms with Gasteiger partial charge in [0.25, 0.3) is 0 Å². The molecule has 1 heterocycles. The minimum Gasteiger partial charge on any atom is -0.462 e. The Balaban J connectivity index is 2.01. The van der Waals surface area contributed by atoms with Crippen LogP contribution in [0.1, 0.15) is 40.5 Å². The molecule has 0 N–H and O–H groups in total. The van der Waals surface area contributed by atoms with E-state index in [1.54, 1.807) is 26.0 Å². The molecular weight excluding hydrogens is 308 g/mol. The molecule has 2 rings (SSSR count). The molecule has 1 aliphatic heterocycles. The normalized spacial score (nSPS) is 19.2. The largest absolute Gasteiger partial charge is 0.462 e. The van der Waals surface area contributed by atoms with Crippen LogP contribution >= 0.6 is 0 Å². The third-order valence-corrected chi connectivity index (χ3v) is 4.41. The highest BCUT2D eigenvalue weighted by atomic mass is 16.6. The van der Waals surface area contributed by atoms with Crippen LogP contribution in [0.15, 0.2) is 30.3 Å². The van der Waals surface area contributed by atoms with Gasteiger partial charge in [0.15, 0.2) is 0 Å². The van der Waals surface area contributed by atoms with Crippen LogP contribution in [0.3, 0.4) is 0 Å². The number of benzene rings is 1. The Morgan fingerprint density at radius 2 is 1.79 bits per heavy atom. The van der Waals surface area contributed by atoms with Gasteiger partial charge in [-0.1, -0.05) is 25.1 Å². The van der Waals surface area contributed by atoms with E-state index in [2.05, 4.69) is 0 Å². The van der Waals surface area contributed by atoms with Crippen LogP contribution < -0.4 is 4.74 Å². The number of hydrogen-bond donors (Lipinski definition) is 0. The highest BCUT2D eigenvalue weighted by Gasteiger charge is 2.43. The van der Waals surface area contributed by atoms with Gasteiger partial charge < -0.3 is 14.2 Å². The molecular formula is C19H26O5. The van der Waals surface area contributed by atoms with Crippen LogP contribution in [0.2, 0.25) is 0 Å². The third kappa shape index (κ3) is 4.81. The van der Waals surface area contributed by atoms with Crippen molar-refractivity contribution in [2.45, 2.75) is 46.6 Å². The van der Waals surface area contributed by atoms with Crippen LogP contribution in [0.25, 0.3) is 0 Å². The quantitative estimate of drug-likeness (QED) is 0.414. The third-order valence-electron chi connectivity index (χ3n) is 4.41. The maximum atomic E-state index is 12.6. The first-order valence-corrected chi connectivity index (χ1v) is 8.33. The monoisotopic (exact) mass is 334 g/mol. The van der Waals surface area contributed by atoms with Gasteiger partial charge >= 0.3 is 11.9 Å². The minimum absolute atomic E-state index is 0.0327. The summed E-state index contributed by atoms with van der Waals surface area (Å²) in [6.07, 6.45) is 0.957. The van der Waals surface area contributed by atoms with Crippen LogP contribution in [-0.4, -0.2) is 31.3 Å². The second-order valence-electron chi connectivity index (χ2n) is 7.23. The molecule has 1 aliphatic rings. The minimum atomic E-state index is -0.782. The van der Waals surface area contributed by atoms with E-state index >= 15 is 0 Å². The van der Waals surface area contributed by atoms with Gasteiger partial charge in [-0.15, -0.1) is 0 Å². The fourth-order valence-corrected chi connectivity index (χ4v) is 2.64. The van der Waals surface area contributed by atoms with Gasteiger partial charge in [-0.3, -0.25) is 9.59 Å². The Labute approximate surface area is 143 Å². The van der Waals surface area contributed by atoms with Gasteiger partial charge in [0.05, 0.1) is 17.4 Å². The summed E-state index contributed by atoms with van der Waals surface area (Å²) in [7, 11) is 0. The summed E-state index contributed by atoms with van der Waals surface area (Å²) in [5.41, 5.74) is -1.55. The fourth-order valence-electron chi connectivity index (χ4n) is 2.64. The predicted molar refractivity (Wildman–Crippen MR) is 89.6 cm³/mol. The van der Waals surface area contributed by atoms with Crippen LogP contribution in [0.4, 0.5) is 0 Å². The van der Waals surface area contributed by atoms with Gasteiger partial charge in [-0.2, -0.15) is 0 Å². The zero-order valence-electron chi connectivity index (χ0n) is 14.8. The molecule has 24 heavy (non-hydrogen) atoms. The maximum absolute atomic E-state index is 12.6. The zero-order chi connectivity index (χ0) is 17.8. The first-order valence-electron chi connectivity index (χ1n) is 8.33. The second-order valence-corrected chi connectivity index (χ2v) is 7.23. The van der Waals surface area contributed by atoms with Crippen molar-refractivity contribution in [3.63, 3.8) is 0 Å². The summed E-state index contributed by atoms with van der Waals surface area (Å²) in [6, 6.07) is 8.96. The van der Waals surface area contributed by atoms with E-state index in [-0.39, 0.29) is 24.6 Å². The van der Waals surface area contributed by atoms with Crippen LogP contribution in [0.5, 0.6) is 5.75 Å². The van der Waals surface area contributed by atoms with Crippen molar-refractivity contribution in [3.8, 4) is 5.75 Å². The van der Waals surface area contributed by atoms with E-state index in [1.165, 1.54) is 0 Å². The van der Waals surface area contributed by atoms with E-state index in [9.17, 15) is 9.59 Å². The first kappa shape index (κ1) is 18.5. The predicted octanol–water partition coefficient (Wildman–Crippen LogP) is 3.37. The maximum Gasteiger partial charge on any atom is 0.317 e. The molecule has 1 fully saturated rings. The molecule has 2 unspecified atom stereocenters. The molecule has 0 radical (unpaired) electrons. The lowest BCUT2D eigenvalue weighted by atomic mass is 9.72. The number of esters is 2. The molecule has 5 heteroatoms. The van der Waals surface area contributed by atoms with Crippen molar-refractivity contribution in [1.82, 2.24) is 0 Å². The number of carbonyl (C=O) groups excluding carboxylic acids is 2. The molecule has 132 valence electrons. The Bertz CT molecular complexity index is 577. The Hall–Kier alpha value is -1.88. The standard InChI is InChI=1S/C19H26O5/c1-5-19(4,17(21)24-14-9-7-6-8-10-14)13-18(2,3)16(20)23-12-15-11-22-15/h6-10,15H,5,11-13H2,1-4H3. The highest BCUT2D eigenvalue weighted by Crippen LogP contribution is 2.38. The highest BCUT2D eigenvalue weighted by molar-refractivity contribution is 5.81. The van der Waals surface area contributed by atoms with Crippen molar-refractivity contribution < 1.29 is 23.8 Å². The fraction of sp³-hybridized carbons (Fsp3) is 0.579. The second kappa shape index (κ2) is 7.34. The lowest BCUT2D eigenvalue weighted by molar-refractivity contribution is -0.159. The Morgan fingerprint density at radius 3 is 2.33 bits per heavy atom. The molecule has 0 aromatic heterocycles. The van der Waals surface area contributed by atoms with Gasteiger partial charge in [0, 0.05) is 0 Å². The van der Waals surface area contributed by atoms with E-state index < -0.39 is 10.8 Å². The Kier molecular flexibility index (Phi) is 5.65. The zero-order valence-corrected chi connectivity index (χ0v) is 14.8. The number of para-hydroxylation sites is 1. The van der Waals surface area contributed by atoms with E-state index in [0.717, 1.165) is 0 Å². The molecule has 2 atom stereocenters. The van der Waals surface area contributed by atoms with E-state index in [4.69, 9.17) is 14.2 Å². The van der Waals surface area contributed by atoms with Crippen molar-refractivity contribution >= 4 is 11.9 Å². The smallest absolute Gasteiger partial charge is 0.317 e. The molecule has 0 aliphatic carbocycles. The van der Waals surface area contributed by atoms with Crippen molar-refractivity contribution in [2.75, 3.05) is 13.2 Å². The lowest BCUT2D eigenvalue weighted by Gasteiger charge is -2.33. The number of rotatable bonds is 8. The van der Waals surface area contributed by atoms with Gasteiger partial charge in [0.1, 0.15) is 18.5 Å². The Morgan fingerprint density at radius 1 is 1.17 bits per heavy atom. The molecule has 0 spiro atoms. The summed E-state index contributed by atoms with van der Waals surface area (Å²) < 4.78 is 15.8. The molecule has 5 nitrogen and oxygen atoms in total. The number of epoxide rings is 1. The number of carbonyl (C=O) groups is 2. The van der Waals surface area contributed by atoms with Gasteiger partial charge in [0.2, 0.25) is 0 Å². The van der Waals surface area contributed by atoms with E-state index in [0.29, 0.717) is 25.2 Å². The topological polar surface area (TPSA) is 65.1 Å². The molecule has 1 aromatic rings. The van der Waals surface area contributed by atoms with Crippen molar-refractivity contribution in [2.24, 2.45) is 10.8 Å². The number of hydrogen-bond acceptors (Lipinski definition) is 5. The summed E-state index contributed by atoms with van der Waals surface area (Å²) in [4.78, 5) is 25.0. The summed E-state index contributed by atoms with van der Waals surface area (Å²) in [5.74, 6) is -0.138. The lowest BCUT2D eigenvalue weighted by Crippen LogP contribution is -2.40. The summed E-state index contributed by atoms with van der Waals surface area (Å²) in [5, 5.41) is 0. The van der Waals surface area contributed by atoms with Crippen molar-refractivity contribution in [1.29, 1.82) is 0 Å². The first-order chi connectivity index (χ1) is 11.3. The average Bonchev–Trinajstić information content (AvgIpc) is 3.37. The molecule has 0 saturated carbocycles. The van der Waals surface area contributed by atoms with Crippen molar-refractivity contribution in [3.05, 3.63) is 30.3 Å². The average molecular weight is 334 g/mol. The SMILES string of the molecule is CCC(C)(CC(C)(C)C(=O)OCC1CO1)C(=O)Oc1ccccc1. The van der Waals surface area contributed by atoms with Crippen LogP contribution in [-0.2, 0) is 19.1 Å². The summed E-state index contributed by atoms with van der Waals surface area (Å²) in [6.45, 7) is 8.27. The van der Waals surface area contributed by atoms with E-state index in [1.807, 2.05) is 32.0 Å². The molecule has 0 amide bonds. The number of ether oxygens (including phenoxy) is 3.